The standard InChI is InChI=1S/C12H10N2O5/c1-8(15)13-11(16)7-10(12(13)19-14(17)18)9-5-3-2-4-6-9/h2-7,12H,1H3. The second-order valence-corrected chi connectivity index (χ2v) is 3.87. The van der Waals surface area contributed by atoms with Crippen molar-refractivity contribution in [1.82, 2.24) is 4.90 Å². The molecule has 0 bridgehead atoms. The van der Waals surface area contributed by atoms with E-state index in [0.717, 1.165) is 6.92 Å². The minimum atomic E-state index is -1.33. The van der Waals surface area contributed by atoms with Crippen LogP contribution in [0.15, 0.2) is 36.4 Å². The lowest BCUT2D eigenvalue weighted by molar-refractivity contribution is -0.768. The van der Waals surface area contributed by atoms with Gasteiger partial charge in [-0.15, -0.1) is 10.1 Å². The van der Waals surface area contributed by atoms with E-state index in [2.05, 4.69) is 4.84 Å². The average Bonchev–Trinajstić information content (AvgIpc) is 2.66. The summed E-state index contributed by atoms with van der Waals surface area (Å²) in [6, 6.07) is 8.58. The summed E-state index contributed by atoms with van der Waals surface area (Å²) in [5.74, 6) is -1.24. The molecule has 1 aromatic rings. The molecule has 0 aromatic heterocycles. The molecule has 2 rings (SSSR count). The summed E-state index contributed by atoms with van der Waals surface area (Å²) in [4.78, 5) is 38.8. The highest BCUT2D eigenvalue weighted by molar-refractivity contribution is 6.09. The summed E-state index contributed by atoms with van der Waals surface area (Å²) < 4.78 is 0. The zero-order valence-electron chi connectivity index (χ0n) is 9.98. The second kappa shape index (κ2) is 4.89. The quantitative estimate of drug-likeness (QED) is 0.598. The highest BCUT2D eigenvalue weighted by Gasteiger charge is 2.38. The van der Waals surface area contributed by atoms with Gasteiger partial charge in [0.2, 0.25) is 12.1 Å². The molecule has 98 valence electrons. The van der Waals surface area contributed by atoms with Crippen LogP contribution in [0, 0.1) is 10.1 Å². The van der Waals surface area contributed by atoms with E-state index in [1.165, 1.54) is 6.08 Å². The summed E-state index contributed by atoms with van der Waals surface area (Å²) in [6.45, 7) is 1.15. The Morgan fingerprint density at radius 1 is 1.37 bits per heavy atom. The molecular formula is C12H10N2O5. The van der Waals surface area contributed by atoms with Crippen molar-refractivity contribution in [2.75, 3.05) is 0 Å². The Hall–Kier alpha value is -2.70. The van der Waals surface area contributed by atoms with E-state index < -0.39 is 23.1 Å². The molecule has 0 fully saturated rings. The lowest BCUT2D eigenvalue weighted by atomic mass is 10.1. The molecule has 19 heavy (non-hydrogen) atoms. The van der Waals surface area contributed by atoms with Gasteiger partial charge in [0, 0.05) is 18.6 Å². The Bertz CT molecular complexity index is 567. The third-order valence-corrected chi connectivity index (χ3v) is 2.65. The highest BCUT2D eigenvalue weighted by atomic mass is 17.0. The van der Waals surface area contributed by atoms with E-state index >= 15 is 0 Å². The molecule has 1 aromatic carbocycles. The summed E-state index contributed by atoms with van der Waals surface area (Å²) in [7, 11) is 0. The van der Waals surface area contributed by atoms with Gasteiger partial charge in [-0.05, 0) is 5.56 Å². The van der Waals surface area contributed by atoms with E-state index in [1.807, 2.05) is 0 Å². The van der Waals surface area contributed by atoms with Crippen LogP contribution in [0.25, 0.3) is 5.57 Å². The molecule has 2 amide bonds. The molecule has 0 radical (unpaired) electrons. The predicted molar refractivity (Wildman–Crippen MR) is 63.8 cm³/mol. The van der Waals surface area contributed by atoms with Gasteiger partial charge in [-0.1, -0.05) is 30.3 Å². The third kappa shape index (κ3) is 2.44. The van der Waals surface area contributed by atoms with Gasteiger partial charge in [-0.3, -0.25) is 14.4 Å². The molecule has 1 atom stereocenters. The van der Waals surface area contributed by atoms with Gasteiger partial charge in [0.15, 0.2) is 0 Å². The van der Waals surface area contributed by atoms with Crippen LogP contribution in [0.5, 0.6) is 0 Å². The Labute approximate surface area is 108 Å². The van der Waals surface area contributed by atoms with Crippen LogP contribution in [0.4, 0.5) is 0 Å². The summed E-state index contributed by atoms with van der Waals surface area (Å²) >= 11 is 0. The number of imide groups is 1. The van der Waals surface area contributed by atoms with Crippen LogP contribution in [0.1, 0.15) is 12.5 Å². The van der Waals surface area contributed by atoms with Gasteiger partial charge in [-0.2, -0.15) is 0 Å². The lowest BCUT2D eigenvalue weighted by Crippen LogP contribution is -2.41. The maximum atomic E-state index is 11.7. The predicted octanol–water partition coefficient (Wildman–Crippen LogP) is 0.993. The fourth-order valence-corrected chi connectivity index (χ4v) is 1.89. The third-order valence-electron chi connectivity index (χ3n) is 2.65. The van der Waals surface area contributed by atoms with Crippen LogP contribution in [0.3, 0.4) is 0 Å². The van der Waals surface area contributed by atoms with Crippen LogP contribution >= 0.6 is 0 Å². The topological polar surface area (TPSA) is 89.8 Å². The second-order valence-electron chi connectivity index (χ2n) is 3.87. The first kappa shape index (κ1) is 12.7. The van der Waals surface area contributed by atoms with E-state index in [9.17, 15) is 19.7 Å². The molecule has 1 aliphatic rings. The number of carbonyl (C=O) groups is 2. The Morgan fingerprint density at radius 2 is 2.00 bits per heavy atom. The maximum absolute atomic E-state index is 11.7. The van der Waals surface area contributed by atoms with Gasteiger partial charge in [-0.25, -0.2) is 4.90 Å². The number of rotatable bonds is 3. The molecule has 7 heteroatoms. The Morgan fingerprint density at radius 3 is 2.53 bits per heavy atom. The smallest absolute Gasteiger partial charge is 0.283 e. The molecule has 7 nitrogen and oxygen atoms in total. The summed E-state index contributed by atoms with van der Waals surface area (Å²) in [5.41, 5.74) is 0.879. The van der Waals surface area contributed by atoms with Gasteiger partial charge in [0.1, 0.15) is 0 Å². The van der Waals surface area contributed by atoms with Crippen molar-refractivity contribution in [2.45, 2.75) is 13.2 Å². The molecule has 1 unspecified atom stereocenters. The van der Waals surface area contributed by atoms with Crippen LogP contribution in [-0.2, 0) is 14.4 Å². The van der Waals surface area contributed by atoms with Crippen LogP contribution in [-0.4, -0.2) is 28.0 Å². The van der Waals surface area contributed by atoms with Crippen molar-refractivity contribution >= 4 is 17.4 Å². The number of hydrogen-bond donors (Lipinski definition) is 0. The van der Waals surface area contributed by atoms with Crippen molar-refractivity contribution in [3.63, 3.8) is 0 Å². The summed E-state index contributed by atoms with van der Waals surface area (Å²) in [5, 5.41) is 9.50. The van der Waals surface area contributed by atoms with Gasteiger partial charge < -0.3 is 0 Å². The SMILES string of the molecule is CC(=O)N1C(=O)C=C(c2ccccc2)C1O[N+](=O)[O-]. The number of amides is 2. The monoisotopic (exact) mass is 262 g/mol. The average molecular weight is 262 g/mol. The fourth-order valence-electron chi connectivity index (χ4n) is 1.89. The van der Waals surface area contributed by atoms with Gasteiger partial charge in [0.25, 0.3) is 11.0 Å². The maximum Gasteiger partial charge on any atom is 0.296 e. The van der Waals surface area contributed by atoms with E-state index in [0.29, 0.717) is 10.5 Å². The number of nitrogens with zero attached hydrogens (tertiary/aromatic N) is 2. The molecule has 0 spiro atoms. The number of hydrogen-bond acceptors (Lipinski definition) is 5. The summed E-state index contributed by atoms with van der Waals surface area (Å²) in [6.07, 6.45) is -0.160. The van der Waals surface area contributed by atoms with Crippen molar-refractivity contribution < 1.29 is 19.5 Å². The minimum Gasteiger partial charge on any atom is -0.283 e. The molecule has 0 N–H and O–H groups in total. The molecule has 1 aliphatic heterocycles. The highest BCUT2D eigenvalue weighted by Crippen LogP contribution is 2.29. The van der Waals surface area contributed by atoms with E-state index in [4.69, 9.17) is 0 Å². The number of carbonyl (C=O) groups excluding carboxylic acids is 2. The first-order chi connectivity index (χ1) is 9.00. The fraction of sp³-hybridized carbons (Fsp3) is 0.167. The van der Waals surface area contributed by atoms with E-state index in [1.54, 1.807) is 30.3 Å². The Kier molecular flexibility index (Phi) is 3.28. The van der Waals surface area contributed by atoms with Crippen LogP contribution < -0.4 is 0 Å². The zero-order valence-corrected chi connectivity index (χ0v) is 9.98. The minimum absolute atomic E-state index is 0.289. The van der Waals surface area contributed by atoms with Gasteiger partial charge in [0.05, 0.1) is 0 Å². The lowest BCUT2D eigenvalue weighted by Gasteiger charge is -2.22. The van der Waals surface area contributed by atoms with Gasteiger partial charge >= 0.3 is 0 Å². The first-order valence-corrected chi connectivity index (χ1v) is 5.42. The van der Waals surface area contributed by atoms with Crippen molar-refractivity contribution in [1.29, 1.82) is 0 Å². The van der Waals surface area contributed by atoms with Crippen molar-refractivity contribution in [3.05, 3.63) is 52.1 Å². The molecular weight excluding hydrogens is 252 g/mol. The zero-order chi connectivity index (χ0) is 14.0. The Balaban J connectivity index is 2.41. The largest absolute Gasteiger partial charge is 0.296 e. The molecule has 1 heterocycles. The molecule has 0 saturated heterocycles. The van der Waals surface area contributed by atoms with Crippen LogP contribution in [0.2, 0.25) is 0 Å². The van der Waals surface area contributed by atoms with Crippen molar-refractivity contribution in [3.8, 4) is 0 Å². The van der Waals surface area contributed by atoms with Crippen molar-refractivity contribution in [2.24, 2.45) is 0 Å². The van der Waals surface area contributed by atoms with E-state index in [-0.39, 0.29) is 5.57 Å². The molecule has 0 saturated carbocycles. The normalized spacial score (nSPS) is 18.2. The molecule has 0 aliphatic carbocycles. The first-order valence-electron chi connectivity index (χ1n) is 5.42. The number of benzene rings is 1.